The Balaban J connectivity index is 2.04. The topological polar surface area (TPSA) is 41.1 Å². The summed E-state index contributed by atoms with van der Waals surface area (Å²) >= 11 is 0. The van der Waals surface area contributed by atoms with Crippen molar-refractivity contribution in [2.75, 3.05) is 31.6 Å². The number of aryl methyl sites for hydroxylation is 2. The van der Waals surface area contributed by atoms with Crippen LogP contribution in [0.2, 0.25) is 0 Å². The van der Waals surface area contributed by atoms with Crippen LogP contribution in [0, 0.1) is 19.8 Å². The van der Waals surface area contributed by atoms with E-state index in [1.54, 1.807) is 0 Å². The fourth-order valence-electron chi connectivity index (χ4n) is 2.22. The summed E-state index contributed by atoms with van der Waals surface area (Å²) in [6.45, 7) is 7.34. The van der Waals surface area contributed by atoms with E-state index in [9.17, 15) is 0 Å². The van der Waals surface area contributed by atoms with Crippen LogP contribution in [0.3, 0.4) is 0 Å². The van der Waals surface area contributed by atoms with Crippen molar-refractivity contribution in [1.82, 2.24) is 15.3 Å². The molecule has 0 aliphatic carbocycles. The fraction of sp³-hybridized carbons (Fsp3) is 0.667. The Morgan fingerprint density at radius 3 is 2.62 bits per heavy atom. The Labute approximate surface area is 97.1 Å². The molecule has 1 unspecified atom stereocenters. The van der Waals surface area contributed by atoms with Gasteiger partial charge in [-0.05, 0) is 45.3 Å². The number of rotatable bonds is 3. The molecule has 1 aromatic heterocycles. The highest BCUT2D eigenvalue weighted by Crippen LogP contribution is 2.13. The summed E-state index contributed by atoms with van der Waals surface area (Å²) in [5.74, 6) is 1.58. The third kappa shape index (κ3) is 2.70. The fourth-order valence-corrected chi connectivity index (χ4v) is 2.22. The summed E-state index contributed by atoms with van der Waals surface area (Å²) in [6, 6.07) is 2.01. The van der Waals surface area contributed by atoms with Crippen LogP contribution in [0.5, 0.6) is 0 Å². The molecule has 16 heavy (non-hydrogen) atoms. The summed E-state index contributed by atoms with van der Waals surface area (Å²) in [5.41, 5.74) is 2.08. The second kappa shape index (κ2) is 4.78. The van der Waals surface area contributed by atoms with Crippen LogP contribution in [0.4, 0.5) is 5.95 Å². The van der Waals surface area contributed by atoms with Gasteiger partial charge in [0.15, 0.2) is 0 Å². The summed E-state index contributed by atoms with van der Waals surface area (Å²) in [4.78, 5) is 11.1. The maximum absolute atomic E-state index is 4.47. The zero-order valence-corrected chi connectivity index (χ0v) is 10.3. The number of nitrogens with zero attached hydrogens (tertiary/aromatic N) is 3. The van der Waals surface area contributed by atoms with Gasteiger partial charge in [-0.25, -0.2) is 9.97 Å². The average molecular weight is 220 g/mol. The average Bonchev–Trinajstić information content (AvgIpc) is 2.68. The first-order valence-corrected chi connectivity index (χ1v) is 5.89. The van der Waals surface area contributed by atoms with E-state index in [0.29, 0.717) is 0 Å². The van der Waals surface area contributed by atoms with Crippen molar-refractivity contribution in [2.24, 2.45) is 5.92 Å². The minimum atomic E-state index is 0.731. The molecular formula is C12H20N4. The van der Waals surface area contributed by atoms with Crippen molar-refractivity contribution >= 4 is 5.95 Å². The van der Waals surface area contributed by atoms with E-state index in [1.807, 2.05) is 19.9 Å². The molecule has 0 amide bonds. The van der Waals surface area contributed by atoms with E-state index in [1.165, 1.54) is 6.42 Å². The van der Waals surface area contributed by atoms with Gasteiger partial charge in [0.2, 0.25) is 5.95 Å². The summed E-state index contributed by atoms with van der Waals surface area (Å²) < 4.78 is 0. The SMILES string of the molecule is Cc1cc(C)nc(N(C)CC2CCNC2)n1. The molecule has 0 bridgehead atoms. The molecule has 0 spiro atoms. The molecule has 88 valence electrons. The van der Waals surface area contributed by atoms with Crippen molar-refractivity contribution in [3.8, 4) is 0 Å². The predicted molar refractivity (Wildman–Crippen MR) is 65.8 cm³/mol. The minimum Gasteiger partial charge on any atom is -0.344 e. The van der Waals surface area contributed by atoms with Crippen molar-refractivity contribution in [3.63, 3.8) is 0 Å². The lowest BCUT2D eigenvalue weighted by Gasteiger charge is -2.21. The van der Waals surface area contributed by atoms with Crippen molar-refractivity contribution in [1.29, 1.82) is 0 Å². The van der Waals surface area contributed by atoms with Crippen LogP contribution in [-0.4, -0.2) is 36.6 Å². The lowest BCUT2D eigenvalue weighted by molar-refractivity contribution is 0.572. The lowest BCUT2D eigenvalue weighted by Crippen LogP contribution is -2.28. The Bertz CT molecular complexity index is 338. The van der Waals surface area contributed by atoms with Crippen LogP contribution in [0.25, 0.3) is 0 Å². The molecule has 1 aliphatic rings. The number of anilines is 1. The van der Waals surface area contributed by atoms with Crippen molar-refractivity contribution in [2.45, 2.75) is 20.3 Å². The zero-order valence-electron chi connectivity index (χ0n) is 10.3. The van der Waals surface area contributed by atoms with Crippen LogP contribution < -0.4 is 10.2 Å². The summed E-state index contributed by atoms with van der Waals surface area (Å²) in [7, 11) is 2.08. The first kappa shape index (κ1) is 11.3. The Morgan fingerprint density at radius 2 is 2.06 bits per heavy atom. The van der Waals surface area contributed by atoms with Gasteiger partial charge in [0.05, 0.1) is 0 Å². The number of hydrogen-bond donors (Lipinski definition) is 1. The monoisotopic (exact) mass is 220 g/mol. The van der Waals surface area contributed by atoms with Crippen molar-refractivity contribution < 1.29 is 0 Å². The molecule has 1 saturated heterocycles. The smallest absolute Gasteiger partial charge is 0.225 e. The molecule has 1 fully saturated rings. The van der Waals surface area contributed by atoms with E-state index in [2.05, 4.69) is 27.2 Å². The van der Waals surface area contributed by atoms with Gasteiger partial charge in [-0.2, -0.15) is 0 Å². The van der Waals surface area contributed by atoms with Gasteiger partial charge in [-0.1, -0.05) is 0 Å². The second-order valence-corrected chi connectivity index (χ2v) is 4.69. The molecule has 1 N–H and O–H groups in total. The Hall–Kier alpha value is -1.16. The first-order valence-electron chi connectivity index (χ1n) is 5.89. The predicted octanol–water partition coefficient (Wildman–Crippen LogP) is 1.14. The molecule has 4 nitrogen and oxygen atoms in total. The highest BCUT2D eigenvalue weighted by atomic mass is 15.2. The van der Waals surface area contributed by atoms with E-state index in [-0.39, 0.29) is 0 Å². The molecule has 0 aromatic carbocycles. The largest absolute Gasteiger partial charge is 0.344 e. The van der Waals surface area contributed by atoms with Gasteiger partial charge in [0.25, 0.3) is 0 Å². The van der Waals surface area contributed by atoms with Crippen LogP contribution in [0.15, 0.2) is 6.07 Å². The maximum Gasteiger partial charge on any atom is 0.225 e. The number of aromatic nitrogens is 2. The van der Waals surface area contributed by atoms with Gasteiger partial charge in [-0.15, -0.1) is 0 Å². The number of nitrogens with one attached hydrogen (secondary N) is 1. The molecule has 0 saturated carbocycles. The first-order chi connectivity index (χ1) is 7.65. The van der Waals surface area contributed by atoms with E-state index >= 15 is 0 Å². The van der Waals surface area contributed by atoms with Gasteiger partial charge < -0.3 is 10.2 Å². The zero-order chi connectivity index (χ0) is 11.5. The van der Waals surface area contributed by atoms with Gasteiger partial charge >= 0.3 is 0 Å². The summed E-state index contributed by atoms with van der Waals surface area (Å²) in [6.07, 6.45) is 1.26. The molecule has 1 atom stereocenters. The normalized spacial score (nSPS) is 20.1. The molecule has 0 radical (unpaired) electrons. The molecule has 4 heteroatoms. The Kier molecular flexibility index (Phi) is 3.39. The van der Waals surface area contributed by atoms with E-state index in [4.69, 9.17) is 0 Å². The van der Waals surface area contributed by atoms with E-state index in [0.717, 1.165) is 42.9 Å². The van der Waals surface area contributed by atoms with E-state index < -0.39 is 0 Å². The van der Waals surface area contributed by atoms with Crippen LogP contribution in [0.1, 0.15) is 17.8 Å². The highest BCUT2D eigenvalue weighted by Gasteiger charge is 2.17. The Morgan fingerprint density at radius 1 is 1.38 bits per heavy atom. The third-order valence-electron chi connectivity index (χ3n) is 3.01. The number of hydrogen-bond acceptors (Lipinski definition) is 4. The molecule has 2 rings (SSSR count). The molecule has 2 heterocycles. The van der Waals surface area contributed by atoms with Crippen LogP contribution >= 0.6 is 0 Å². The third-order valence-corrected chi connectivity index (χ3v) is 3.01. The van der Waals surface area contributed by atoms with Gasteiger partial charge in [-0.3, -0.25) is 0 Å². The van der Waals surface area contributed by atoms with Crippen LogP contribution in [-0.2, 0) is 0 Å². The second-order valence-electron chi connectivity index (χ2n) is 4.69. The molecular weight excluding hydrogens is 200 g/mol. The quantitative estimate of drug-likeness (QED) is 0.829. The lowest BCUT2D eigenvalue weighted by atomic mass is 10.1. The molecule has 1 aliphatic heterocycles. The van der Waals surface area contributed by atoms with Gasteiger partial charge in [0.1, 0.15) is 0 Å². The maximum atomic E-state index is 4.47. The highest BCUT2D eigenvalue weighted by molar-refractivity contribution is 5.30. The molecule has 1 aromatic rings. The standard InChI is InChI=1S/C12H20N4/c1-9-6-10(2)15-12(14-9)16(3)8-11-4-5-13-7-11/h6,11,13H,4-5,7-8H2,1-3H3. The summed E-state index contributed by atoms with van der Waals surface area (Å²) in [5, 5.41) is 3.38. The van der Waals surface area contributed by atoms with Crippen molar-refractivity contribution in [3.05, 3.63) is 17.5 Å². The minimum absolute atomic E-state index is 0.731. The van der Waals surface area contributed by atoms with Gasteiger partial charge in [0, 0.05) is 25.0 Å².